The zero-order chi connectivity index (χ0) is 8.88. The van der Waals surface area contributed by atoms with Gasteiger partial charge in [0, 0.05) is 5.92 Å². The molecule has 0 aromatic carbocycles. The Morgan fingerprint density at radius 1 is 0.917 bits per heavy atom. The first-order valence-electron chi connectivity index (χ1n) is 3.97. The van der Waals surface area contributed by atoms with Gasteiger partial charge in [-0.2, -0.15) is 0 Å². The van der Waals surface area contributed by atoms with Gasteiger partial charge in [0.2, 0.25) is 0 Å². The standard InChI is InChI=1S/C7H12O5/c8-1-2-3(9)4(10)5(11)7-6(2)12-7/h2-11H,1H2/t2-,3-,4+,5-,6-,7+/m1/s1. The first kappa shape index (κ1) is 8.40. The normalized spacial score (nSPS) is 58.0. The van der Waals surface area contributed by atoms with Crippen LogP contribution in [0.2, 0.25) is 0 Å². The van der Waals surface area contributed by atoms with Gasteiger partial charge in [-0.1, -0.05) is 0 Å². The Labute approximate surface area is 69.2 Å². The topological polar surface area (TPSA) is 93.5 Å². The second-order valence-corrected chi connectivity index (χ2v) is 3.38. The summed E-state index contributed by atoms with van der Waals surface area (Å²) in [5.74, 6) is -0.464. The first-order valence-corrected chi connectivity index (χ1v) is 3.97. The van der Waals surface area contributed by atoms with Gasteiger partial charge >= 0.3 is 0 Å². The van der Waals surface area contributed by atoms with Crippen molar-refractivity contribution in [3.63, 3.8) is 0 Å². The Bertz CT molecular complexity index is 185. The van der Waals surface area contributed by atoms with Gasteiger partial charge in [-0.15, -0.1) is 0 Å². The third-order valence-electron chi connectivity index (χ3n) is 2.67. The quantitative estimate of drug-likeness (QED) is 0.330. The molecule has 5 heteroatoms. The van der Waals surface area contributed by atoms with Gasteiger partial charge in [0.05, 0.1) is 18.8 Å². The molecule has 1 aliphatic heterocycles. The Balaban J connectivity index is 2.11. The zero-order valence-electron chi connectivity index (χ0n) is 6.37. The summed E-state index contributed by atoms with van der Waals surface area (Å²) in [6, 6.07) is 0. The molecule has 4 N–H and O–H groups in total. The molecule has 0 amide bonds. The molecule has 1 heterocycles. The summed E-state index contributed by atoms with van der Waals surface area (Å²) in [5, 5.41) is 36.7. The smallest absolute Gasteiger partial charge is 0.113 e. The molecule has 2 aliphatic rings. The fourth-order valence-electron chi connectivity index (χ4n) is 1.81. The van der Waals surface area contributed by atoms with Crippen LogP contribution in [0.15, 0.2) is 0 Å². The highest BCUT2D eigenvalue weighted by molar-refractivity contribution is 5.07. The van der Waals surface area contributed by atoms with E-state index < -0.39 is 30.3 Å². The van der Waals surface area contributed by atoms with E-state index in [0.29, 0.717) is 0 Å². The number of epoxide rings is 1. The van der Waals surface area contributed by atoms with Crippen LogP contribution in [0.1, 0.15) is 0 Å². The molecular weight excluding hydrogens is 164 g/mol. The van der Waals surface area contributed by atoms with Crippen LogP contribution >= 0.6 is 0 Å². The van der Waals surface area contributed by atoms with E-state index in [1.165, 1.54) is 0 Å². The van der Waals surface area contributed by atoms with Gasteiger partial charge in [-0.25, -0.2) is 0 Å². The summed E-state index contributed by atoms with van der Waals surface area (Å²) >= 11 is 0. The van der Waals surface area contributed by atoms with Crippen LogP contribution in [0.4, 0.5) is 0 Å². The highest BCUT2D eigenvalue weighted by atomic mass is 16.6. The molecule has 0 bridgehead atoms. The first-order chi connectivity index (χ1) is 5.66. The van der Waals surface area contributed by atoms with Crippen molar-refractivity contribution in [1.29, 1.82) is 0 Å². The van der Waals surface area contributed by atoms with Crippen molar-refractivity contribution in [2.24, 2.45) is 5.92 Å². The Hall–Kier alpha value is -0.200. The summed E-state index contributed by atoms with van der Waals surface area (Å²) in [5.41, 5.74) is 0. The molecule has 2 fully saturated rings. The molecule has 0 spiro atoms. The maximum Gasteiger partial charge on any atom is 0.113 e. The molecule has 2 rings (SSSR count). The van der Waals surface area contributed by atoms with Crippen molar-refractivity contribution in [2.45, 2.75) is 30.5 Å². The van der Waals surface area contributed by atoms with Gasteiger partial charge in [-0.05, 0) is 0 Å². The Morgan fingerprint density at radius 2 is 1.58 bits per heavy atom. The summed E-state index contributed by atoms with van der Waals surface area (Å²) in [6.07, 6.45) is -4.00. The van der Waals surface area contributed by atoms with Gasteiger partial charge < -0.3 is 25.2 Å². The second-order valence-electron chi connectivity index (χ2n) is 3.38. The molecule has 0 aromatic heterocycles. The lowest BCUT2D eigenvalue weighted by molar-refractivity contribution is -0.105. The Morgan fingerprint density at radius 3 is 2.17 bits per heavy atom. The summed E-state index contributed by atoms with van der Waals surface area (Å²) in [7, 11) is 0. The van der Waals surface area contributed by atoms with Crippen LogP contribution in [-0.2, 0) is 4.74 Å². The van der Waals surface area contributed by atoms with Gasteiger partial charge in [-0.3, -0.25) is 0 Å². The molecule has 0 aromatic rings. The van der Waals surface area contributed by atoms with E-state index in [9.17, 15) is 15.3 Å². The molecule has 5 nitrogen and oxygen atoms in total. The highest BCUT2D eigenvalue weighted by Crippen LogP contribution is 2.40. The third-order valence-corrected chi connectivity index (χ3v) is 2.67. The van der Waals surface area contributed by atoms with E-state index in [4.69, 9.17) is 9.84 Å². The highest BCUT2D eigenvalue weighted by Gasteiger charge is 2.59. The monoisotopic (exact) mass is 176 g/mol. The molecule has 6 atom stereocenters. The molecule has 12 heavy (non-hydrogen) atoms. The number of hydrogen-bond acceptors (Lipinski definition) is 5. The van der Waals surface area contributed by atoms with Crippen molar-refractivity contribution >= 4 is 0 Å². The van der Waals surface area contributed by atoms with E-state index in [2.05, 4.69) is 0 Å². The van der Waals surface area contributed by atoms with E-state index in [0.717, 1.165) is 0 Å². The maximum absolute atomic E-state index is 9.35. The molecule has 0 radical (unpaired) electrons. The SMILES string of the molecule is OC[C@@H]1[C@@H](O)[C@H](O)[C@@H](O)[C@@H]2O[C@H]12. The second kappa shape index (κ2) is 2.65. The maximum atomic E-state index is 9.35. The largest absolute Gasteiger partial charge is 0.396 e. The number of fused-ring (bicyclic) bond motifs is 1. The van der Waals surface area contributed by atoms with E-state index in [1.54, 1.807) is 0 Å². The van der Waals surface area contributed by atoms with Crippen molar-refractivity contribution in [3.05, 3.63) is 0 Å². The minimum absolute atomic E-state index is 0.230. The number of rotatable bonds is 1. The molecule has 1 saturated heterocycles. The van der Waals surface area contributed by atoms with Crippen LogP contribution in [0.3, 0.4) is 0 Å². The van der Waals surface area contributed by atoms with E-state index >= 15 is 0 Å². The molecule has 0 unspecified atom stereocenters. The summed E-state index contributed by atoms with van der Waals surface area (Å²) < 4.78 is 5.00. The molecule has 1 saturated carbocycles. The van der Waals surface area contributed by atoms with Crippen molar-refractivity contribution in [2.75, 3.05) is 6.61 Å². The number of aliphatic hydroxyl groups is 4. The summed E-state index contributed by atoms with van der Waals surface area (Å²) in [4.78, 5) is 0. The fourth-order valence-corrected chi connectivity index (χ4v) is 1.81. The lowest BCUT2D eigenvalue weighted by atomic mass is 9.83. The van der Waals surface area contributed by atoms with Gasteiger partial charge in [0.15, 0.2) is 0 Å². The zero-order valence-corrected chi connectivity index (χ0v) is 6.37. The number of hydrogen-bond donors (Lipinski definition) is 4. The van der Waals surface area contributed by atoms with Crippen LogP contribution in [0, 0.1) is 5.92 Å². The van der Waals surface area contributed by atoms with Crippen LogP contribution in [-0.4, -0.2) is 57.6 Å². The van der Waals surface area contributed by atoms with Crippen LogP contribution in [0.25, 0.3) is 0 Å². The average Bonchev–Trinajstić information content (AvgIpc) is 2.81. The van der Waals surface area contributed by atoms with Crippen LogP contribution in [0.5, 0.6) is 0 Å². The van der Waals surface area contributed by atoms with Gasteiger partial charge in [0.1, 0.15) is 18.3 Å². The molecule has 70 valence electrons. The molecule has 1 aliphatic carbocycles. The lowest BCUT2D eigenvalue weighted by Gasteiger charge is -2.30. The minimum Gasteiger partial charge on any atom is -0.396 e. The Kier molecular flexibility index (Phi) is 1.85. The van der Waals surface area contributed by atoms with E-state index in [1.807, 2.05) is 0 Å². The number of aliphatic hydroxyl groups excluding tert-OH is 4. The van der Waals surface area contributed by atoms with Crippen LogP contribution < -0.4 is 0 Å². The fraction of sp³-hybridized carbons (Fsp3) is 1.00. The minimum atomic E-state index is -1.20. The summed E-state index contributed by atoms with van der Waals surface area (Å²) in [6.45, 7) is -0.230. The number of ether oxygens (including phenoxy) is 1. The van der Waals surface area contributed by atoms with Crippen molar-refractivity contribution < 1.29 is 25.2 Å². The van der Waals surface area contributed by atoms with Crippen molar-refractivity contribution in [1.82, 2.24) is 0 Å². The molecular formula is C7H12O5. The third kappa shape index (κ3) is 0.982. The van der Waals surface area contributed by atoms with E-state index in [-0.39, 0.29) is 12.7 Å². The predicted octanol–water partition coefficient (Wildman–Crippen LogP) is -2.54. The average molecular weight is 176 g/mol. The predicted molar refractivity (Wildman–Crippen MR) is 37.3 cm³/mol. The van der Waals surface area contributed by atoms with Gasteiger partial charge in [0.25, 0.3) is 0 Å². The van der Waals surface area contributed by atoms with Crippen molar-refractivity contribution in [3.8, 4) is 0 Å². The lowest BCUT2D eigenvalue weighted by Crippen LogP contribution is -2.52.